The van der Waals surface area contributed by atoms with Gasteiger partial charge in [0.05, 0.1) is 0 Å². The third kappa shape index (κ3) is 2.26. The number of rotatable bonds is 1. The molecule has 0 bridgehead atoms. The van der Waals surface area contributed by atoms with Crippen LogP contribution in [0.5, 0.6) is 0 Å². The fraction of sp³-hybridized carbons (Fsp3) is 0.308. The minimum absolute atomic E-state index is 0.202. The van der Waals surface area contributed by atoms with Crippen molar-refractivity contribution < 1.29 is 0 Å². The maximum Gasteiger partial charge on any atom is 0.123 e. The van der Waals surface area contributed by atoms with Crippen molar-refractivity contribution in [3.8, 4) is 10.6 Å². The van der Waals surface area contributed by atoms with Crippen LogP contribution in [0.4, 0.5) is 0 Å². The number of aromatic nitrogens is 1. The number of benzene rings is 1. The molecular weight excluding hydrogens is 202 g/mol. The quantitative estimate of drug-likeness (QED) is 0.700. The van der Waals surface area contributed by atoms with E-state index in [0.29, 0.717) is 0 Å². The van der Waals surface area contributed by atoms with Crippen LogP contribution in [-0.4, -0.2) is 4.98 Å². The normalized spacial score (nSPS) is 11.7. The van der Waals surface area contributed by atoms with E-state index in [1.54, 1.807) is 11.3 Å². The van der Waals surface area contributed by atoms with Crippen molar-refractivity contribution in [1.82, 2.24) is 4.98 Å². The number of hydrogen-bond acceptors (Lipinski definition) is 2. The maximum atomic E-state index is 4.33. The van der Waals surface area contributed by atoms with E-state index in [9.17, 15) is 0 Å². The summed E-state index contributed by atoms with van der Waals surface area (Å²) in [5.41, 5.74) is 2.78. The van der Waals surface area contributed by atoms with Gasteiger partial charge in [-0.3, -0.25) is 0 Å². The Hall–Kier alpha value is -1.15. The number of hydrogen-bond donors (Lipinski definition) is 0. The fourth-order valence-electron chi connectivity index (χ4n) is 1.48. The van der Waals surface area contributed by atoms with Crippen LogP contribution in [0.15, 0.2) is 35.8 Å². The zero-order valence-corrected chi connectivity index (χ0v) is 10.1. The molecule has 0 spiro atoms. The lowest BCUT2D eigenvalue weighted by Crippen LogP contribution is -2.10. The second-order valence-electron chi connectivity index (χ2n) is 4.67. The average Bonchev–Trinajstić information content (AvgIpc) is 2.69. The molecule has 0 amide bonds. The van der Waals surface area contributed by atoms with Crippen LogP contribution in [0.25, 0.3) is 10.6 Å². The Kier molecular flexibility index (Phi) is 2.61. The summed E-state index contributed by atoms with van der Waals surface area (Å²) >= 11 is 1.68. The van der Waals surface area contributed by atoms with Gasteiger partial charge in [-0.1, -0.05) is 39.0 Å². The molecule has 2 heteroatoms. The van der Waals surface area contributed by atoms with Crippen molar-refractivity contribution in [1.29, 1.82) is 0 Å². The Bertz CT molecular complexity index is 438. The Morgan fingerprint density at radius 2 is 2.00 bits per heavy atom. The highest BCUT2D eigenvalue weighted by atomic mass is 32.1. The van der Waals surface area contributed by atoms with Crippen LogP contribution in [0.1, 0.15) is 26.3 Å². The maximum absolute atomic E-state index is 4.33. The zero-order chi connectivity index (χ0) is 10.9. The third-order valence-corrected chi connectivity index (χ3v) is 3.23. The summed E-state index contributed by atoms with van der Waals surface area (Å²) in [7, 11) is 0. The molecule has 2 aromatic rings. The van der Waals surface area contributed by atoms with Crippen LogP contribution in [0.2, 0.25) is 0 Å². The van der Waals surface area contributed by atoms with E-state index >= 15 is 0 Å². The van der Waals surface area contributed by atoms with Crippen molar-refractivity contribution in [3.05, 3.63) is 41.4 Å². The average molecular weight is 217 g/mol. The molecule has 0 aliphatic heterocycles. The molecule has 15 heavy (non-hydrogen) atoms. The molecule has 0 atom stereocenters. The van der Waals surface area contributed by atoms with E-state index in [4.69, 9.17) is 0 Å². The molecule has 0 saturated heterocycles. The first-order chi connectivity index (χ1) is 7.07. The summed E-state index contributed by atoms with van der Waals surface area (Å²) in [5.74, 6) is 0. The summed E-state index contributed by atoms with van der Waals surface area (Å²) in [4.78, 5) is 4.33. The Labute approximate surface area is 94.8 Å². The molecule has 0 N–H and O–H groups in total. The van der Waals surface area contributed by atoms with Crippen molar-refractivity contribution >= 4 is 11.3 Å². The van der Waals surface area contributed by atoms with E-state index in [1.165, 1.54) is 11.1 Å². The smallest absolute Gasteiger partial charge is 0.123 e. The SMILES string of the molecule is CC(C)(C)c1cccc(-c2nccs2)c1. The molecule has 1 heterocycles. The zero-order valence-electron chi connectivity index (χ0n) is 9.32. The minimum Gasteiger partial charge on any atom is -0.245 e. The number of nitrogens with zero attached hydrogens (tertiary/aromatic N) is 1. The molecule has 1 aromatic carbocycles. The van der Waals surface area contributed by atoms with Gasteiger partial charge in [-0.25, -0.2) is 4.98 Å². The highest BCUT2D eigenvalue weighted by Crippen LogP contribution is 2.28. The summed E-state index contributed by atoms with van der Waals surface area (Å²) in [6.45, 7) is 6.69. The number of thiazole rings is 1. The van der Waals surface area contributed by atoms with Gasteiger partial charge in [0.2, 0.25) is 0 Å². The molecular formula is C13H15NS. The molecule has 0 aliphatic carbocycles. The van der Waals surface area contributed by atoms with E-state index in [0.717, 1.165) is 5.01 Å². The summed E-state index contributed by atoms with van der Waals surface area (Å²) in [6.07, 6.45) is 1.85. The molecule has 0 unspecified atom stereocenters. The lowest BCUT2D eigenvalue weighted by molar-refractivity contribution is 0.590. The van der Waals surface area contributed by atoms with Gasteiger partial charge >= 0.3 is 0 Å². The Balaban J connectivity index is 2.44. The predicted molar refractivity (Wildman–Crippen MR) is 66.3 cm³/mol. The summed E-state index contributed by atoms with van der Waals surface area (Å²) in [5, 5.41) is 3.11. The van der Waals surface area contributed by atoms with Gasteiger partial charge in [0.1, 0.15) is 5.01 Å². The van der Waals surface area contributed by atoms with Gasteiger partial charge in [-0.15, -0.1) is 11.3 Å². The third-order valence-electron chi connectivity index (χ3n) is 2.41. The molecule has 1 nitrogen and oxygen atoms in total. The molecule has 0 aliphatic rings. The molecule has 78 valence electrons. The van der Waals surface area contributed by atoms with E-state index in [-0.39, 0.29) is 5.41 Å². The summed E-state index contributed by atoms with van der Waals surface area (Å²) < 4.78 is 0. The van der Waals surface area contributed by atoms with Gasteiger partial charge in [-0.05, 0) is 17.0 Å². The van der Waals surface area contributed by atoms with Crippen LogP contribution in [-0.2, 0) is 5.41 Å². The predicted octanol–water partition coefficient (Wildman–Crippen LogP) is 4.11. The topological polar surface area (TPSA) is 12.9 Å². The van der Waals surface area contributed by atoms with Crippen molar-refractivity contribution in [2.24, 2.45) is 0 Å². The summed E-state index contributed by atoms with van der Waals surface area (Å²) in [6, 6.07) is 8.64. The van der Waals surface area contributed by atoms with Gasteiger partial charge in [-0.2, -0.15) is 0 Å². The molecule has 0 saturated carbocycles. The van der Waals surface area contributed by atoms with Crippen LogP contribution in [0.3, 0.4) is 0 Å². The second kappa shape index (κ2) is 3.78. The highest BCUT2D eigenvalue weighted by molar-refractivity contribution is 7.13. The van der Waals surface area contributed by atoms with Crippen molar-refractivity contribution in [2.45, 2.75) is 26.2 Å². The van der Waals surface area contributed by atoms with E-state index < -0.39 is 0 Å². The van der Waals surface area contributed by atoms with Crippen LogP contribution >= 0.6 is 11.3 Å². The van der Waals surface area contributed by atoms with E-state index in [1.807, 2.05) is 11.6 Å². The first-order valence-electron chi connectivity index (χ1n) is 5.08. The Morgan fingerprint density at radius 1 is 1.20 bits per heavy atom. The second-order valence-corrected chi connectivity index (χ2v) is 5.56. The van der Waals surface area contributed by atoms with Crippen LogP contribution < -0.4 is 0 Å². The largest absolute Gasteiger partial charge is 0.245 e. The lowest BCUT2D eigenvalue weighted by atomic mass is 9.86. The van der Waals surface area contributed by atoms with Gasteiger partial charge in [0, 0.05) is 17.1 Å². The molecule has 0 fully saturated rings. The first kappa shape index (κ1) is 10.4. The highest BCUT2D eigenvalue weighted by Gasteiger charge is 2.14. The van der Waals surface area contributed by atoms with E-state index in [2.05, 4.69) is 50.0 Å². The van der Waals surface area contributed by atoms with Gasteiger partial charge < -0.3 is 0 Å². The fourth-order valence-corrected chi connectivity index (χ4v) is 2.12. The molecule has 0 radical (unpaired) electrons. The van der Waals surface area contributed by atoms with Gasteiger partial charge in [0.25, 0.3) is 0 Å². The van der Waals surface area contributed by atoms with Crippen molar-refractivity contribution in [2.75, 3.05) is 0 Å². The van der Waals surface area contributed by atoms with Crippen LogP contribution in [0, 0.1) is 0 Å². The Morgan fingerprint density at radius 3 is 2.60 bits per heavy atom. The monoisotopic (exact) mass is 217 g/mol. The minimum atomic E-state index is 0.202. The first-order valence-corrected chi connectivity index (χ1v) is 5.96. The lowest BCUT2D eigenvalue weighted by Gasteiger charge is -2.19. The molecule has 2 rings (SSSR count). The molecule has 1 aromatic heterocycles. The van der Waals surface area contributed by atoms with Gasteiger partial charge in [0.15, 0.2) is 0 Å². The standard InChI is InChI=1S/C13H15NS/c1-13(2,3)11-6-4-5-10(9-11)12-14-7-8-15-12/h4-9H,1-3H3. The van der Waals surface area contributed by atoms with Crippen molar-refractivity contribution in [3.63, 3.8) is 0 Å².